The van der Waals surface area contributed by atoms with Gasteiger partial charge < -0.3 is 9.30 Å². The first kappa shape index (κ1) is 11.4. The van der Waals surface area contributed by atoms with Gasteiger partial charge in [0.15, 0.2) is 6.23 Å². The second-order valence-electron chi connectivity index (χ2n) is 3.57. The van der Waals surface area contributed by atoms with Gasteiger partial charge in [0, 0.05) is 18.1 Å². The average Bonchev–Trinajstić information content (AvgIpc) is 2.84. The number of aromatic nitrogens is 2. The van der Waals surface area contributed by atoms with Crippen molar-refractivity contribution in [2.45, 2.75) is 13.2 Å². The molecule has 17 heavy (non-hydrogen) atoms. The van der Waals surface area contributed by atoms with Gasteiger partial charge in [-0.3, -0.25) is 5.73 Å². The lowest BCUT2D eigenvalue weighted by Crippen LogP contribution is -2.24. The van der Waals surface area contributed by atoms with E-state index >= 15 is 0 Å². The summed E-state index contributed by atoms with van der Waals surface area (Å²) < 4.78 is 7.42. The fourth-order valence-electron chi connectivity index (χ4n) is 1.49. The lowest BCUT2D eigenvalue weighted by atomic mass is 10.3. The van der Waals surface area contributed by atoms with Crippen molar-refractivity contribution in [1.29, 1.82) is 0 Å². The lowest BCUT2D eigenvalue weighted by Gasteiger charge is -2.11. The summed E-state index contributed by atoms with van der Waals surface area (Å²) in [7, 11) is 0. The second kappa shape index (κ2) is 5.32. The molecule has 0 aliphatic carbocycles. The van der Waals surface area contributed by atoms with Crippen LogP contribution >= 0.6 is 0 Å². The summed E-state index contributed by atoms with van der Waals surface area (Å²) in [4.78, 5) is 4.00. The predicted molar refractivity (Wildman–Crippen MR) is 67.0 cm³/mol. The minimum atomic E-state index is -0.404. The van der Waals surface area contributed by atoms with Crippen LogP contribution in [0.3, 0.4) is 0 Å². The Hall–Kier alpha value is -2.07. The monoisotopic (exact) mass is 229 g/mol. The van der Waals surface area contributed by atoms with E-state index in [1.54, 1.807) is 18.6 Å². The molecule has 2 rings (SSSR count). The summed E-state index contributed by atoms with van der Waals surface area (Å²) in [6.07, 6.45) is 8.64. The smallest absolute Gasteiger partial charge is 0.167 e. The maximum absolute atomic E-state index is 5.72. The van der Waals surface area contributed by atoms with Gasteiger partial charge in [0.2, 0.25) is 0 Å². The van der Waals surface area contributed by atoms with Gasteiger partial charge in [0.25, 0.3) is 0 Å². The zero-order valence-electron chi connectivity index (χ0n) is 9.65. The Kier molecular flexibility index (Phi) is 3.57. The van der Waals surface area contributed by atoms with Crippen LogP contribution in [-0.4, -0.2) is 15.8 Å². The summed E-state index contributed by atoms with van der Waals surface area (Å²) in [5.74, 6) is 0.750. The first-order chi connectivity index (χ1) is 8.29. The molecule has 0 aliphatic rings. The highest BCUT2D eigenvalue weighted by Gasteiger charge is 2.00. The van der Waals surface area contributed by atoms with Gasteiger partial charge in [-0.1, -0.05) is 6.08 Å². The molecule has 0 radical (unpaired) electrons. The Morgan fingerprint density at radius 3 is 2.71 bits per heavy atom. The maximum atomic E-state index is 5.72. The van der Waals surface area contributed by atoms with Gasteiger partial charge in [0.1, 0.15) is 5.75 Å². The van der Waals surface area contributed by atoms with Gasteiger partial charge in [0.05, 0.1) is 6.33 Å². The van der Waals surface area contributed by atoms with Crippen molar-refractivity contribution in [2.24, 2.45) is 5.73 Å². The molecule has 1 heterocycles. The number of allylic oxidation sites excluding steroid dienone is 1. The third-order valence-electron chi connectivity index (χ3n) is 2.29. The van der Waals surface area contributed by atoms with Gasteiger partial charge in [-0.2, -0.15) is 0 Å². The highest BCUT2D eigenvalue weighted by atomic mass is 16.5. The first-order valence-electron chi connectivity index (χ1n) is 5.43. The van der Waals surface area contributed by atoms with Crippen LogP contribution in [0.4, 0.5) is 0 Å². The Balaban J connectivity index is 2.08. The van der Waals surface area contributed by atoms with E-state index in [-0.39, 0.29) is 0 Å². The molecule has 1 aromatic carbocycles. The summed E-state index contributed by atoms with van der Waals surface area (Å²) in [5, 5.41) is 0. The maximum Gasteiger partial charge on any atom is 0.167 e. The largest absolute Gasteiger partial charge is 0.472 e. The number of imidazole rings is 1. The molecule has 0 saturated heterocycles. The normalized spacial score (nSPS) is 12.8. The van der Waals surface area contributed by atoms with E-state index in [1.807, 2.05) is 48.0 Å². The molecule has 0 aliphatic heterocycles. The summed E-state index contributed by atoms with van der Waals surface area (Å²) in [5.41, 5.74) is 6.76. The van der Waals surface area contributed by atoms with Gasteiger partial charge in [-0.25, -0.2) is 4.98 Å². The fraction of sp³-hybridized carbons (Fsp3) is 0.154. The summed E-state index contributed by atoms with van der Waals surface area (Å²) >= 11 is 0. The minimum Gasteiger partial charge on any atom is -0.472 e. The van der Waals surface area contributed by atoms with Crippen LogP contribution in [0, 0.1) is 0 Å². The van der Waals surface area contributed by atoms with Crippen molar-refractivity contribution < 1.29 is 4.74 Å². The molecule has 1 unspecified atom stereocenters. The van der Waals surface area contributed by atoms with Gasteiger partial charge in [-0.15, -0.1) is 0 Å². The van der Waals surface area contributed by atoms with Crippen LogP contribution in [0.2, 0.25) is 0 Å². The lowest BCUT2D eigenvalue weighted by molar-refractivity contribution is 0.257. The second-order valence-corrected chi connectivity index (χ2v) is 3.57. The van der Waals surface area contributed by atoms with Crippen molar-refractivity contribution >= 4 is 0 Å². The molecule has 0 fully saturated rings. The SMILES string of the molecule is C/C=C/C(N)Oc1ccc(-n2ccnc2)cc1. The minimum absolute atomic E-state index is 0.404. The highest BCUT2D eigenvalue weighted by Crippen LogP contribution is 2.15. The summed E-state index contributed by atoms with van der Waals surface area (Å²) in [6, 6.07) is 7.69. The predicted octanol–water partition coefficient (Wildman–Crippen LogP) is 2.11. The van der Waals surface area contributed by atoms with Crippen molar-refractivity contribution in [3.05, 3.63) is 55.1 Å². The van der Waals surface area contributed by atoms with E-state index < -0.39 is 6.23 Å². The molecule has 1 aromatic heterocycles. The molecular weight excluding hydrogens is 214 g/mol. The highest BCUT2D eigenvalue weighted by molar-refractivity contribution is 5.37. The third kappa shape index (κ3) is 2.95. The topological polar surface area (TPSA) is 53.1 Å². The van der Waals surface area contributed by atoms with E-state index in [1.165, 1.54) is 0 Å². The van der Waals surface area contributed by atoms with Crippen LogP contribution < -0.4 is 10.5 Å². The van der Waals surface area contributed by atoms with E-state index in [0.29, 0.717) is 0 Å². The quantitative estimate of drug-likeness (QED) is 0.645. The molecule has 0 amide bonds. The van der Waals surface area contributed by atoms with Crippen molar-refractivity contribution in [3.8, 4) is 11.4 Å². The Bertz CT molecular complexity index is 474. The molecule has 2 N–H and O–H groups in total. The van der Waals surface area contributed by atoms with E-state index in [9.17, 15) is 0 Å². The van der Waals surface area contributed by atoms with E-state index in [2.05, 4.69) is 4.98 Å². The zero-order chi connectivity index (χ0) is 12.1. The number of ether oxygens (including phenoxy) is 1. The van der Waals surface area contributed by atoms with Crippen molar-refractivity contribution in [2.75, 3.05) is 0 Å². The van der Waals surface area contributed by atoms with Crippen molar-refractivity contribution in [1.82, 2.24) is 9.55 Å². The number of hydrogen-bond acceptors (Lipinski definition) is 3. The standard InChI is InChI=1S/C13H15N3O/c1-2-3-13(14)17-12-6-4-11(5-7-12)16-9-8-15-10-16/h2-10,13H,14H2,1H3/b3-2+. The molecule has 0 saturated carbocycles. The average molecular weight is 229 g/mol. The molecule has 4 nitrogen and oxygen atoms in total. The van der Waals surface area contributed by atoms with E-state index in [4.69, 9.17) is 10.5 Å². The van der Waals surface area contributed by atoms with E-state index in [0.717, 1.165) is 11.4 Å². The molecule has 4 heteroatoms. The van der Waals surface area contributed by atoms with Crippen LogP contribution in [0.5, 0.6) is 5.75 Å². The third-order valence-corrected chi connectivity index (χ3v) is 2.29. The number of nitrogens with two attached hydrogens (primary N) is 1. The molecule has 1 atom stereocenters. The number of benzene rings is 1. The fourth-order valence-corrected chi connectivity index (χ4v) is 1.49. The molecular formula is C13H15N3O. The van der Waals surface area contributed by atoms with Crippen LogP contribution in [0.1, 0.15) is 6.92 Å². The summed E-state index contributed by atoms with van der Waals surface area (Å²) in [6.45, 7) is 1.91. The number of hydrogen-bond donors (Lipinski definition) is 1. The van der Waals surface area contributed by atoms with Crippen molar-refractivity contribution in [3.63, 3.8) is 0 Å². The Morgan fingerprint density at radius 2 is 2.12 bits per heavy atom. The Morgan fingerprint density at radius 1 is 1.35 bits per heavy atom. The Labute approximate surface area is 100 Å². The first-order valence-corrected chi connectivity index (χ1v) is 5.43. The van der Waals surface area contributed by atoms with Crippen LogP contribution in [0.25, 0.3) is 5.69 Å². The molecule has 88 valence electrons. The van der Waals surface area contributed by atoms with Gasteiger partial charge >= 0.3 is 0 Å². The van der Waals surface area contributed by atoms with Crippen LogP contribution in [-0.2, 0) is 0 Å². The molecule has 0 bridgehead atoms. The van der Waals surface area contributed by atoms with Crippen LogP contribution in [0.15, 0.2) is 55.1 Å². The molecule has 0 spiro atoms. The molecule has 2 aromatic rings. The number of nitrogens with zero attached hydrogens (tertiary/aromatic N) is 2. The van der Waals surface area contributed by atoms with Gasteiger partial charge in [-0.05, 0) is 37.3 Å². The zero-order valence-corrected chi connectivity index (χ0v) is 9.65. The number of rotatable bonds is 4.